The van der Waals surface area contributed by atoms with E-state index in [1.165, 1.54) is 31.0 Å². The maximum absolute atomic E-state index is 14.8. The summed E-state index contributed by atoms with van der Waals surface area (Å²) in [6.07, 6.45) is 5.30. The molecule has 1 aromatic carbocycles. The Labute approximate surface area is 289 Å². The van der Waals surface area contributed by atoms with Crippen LogP contribution in [0.25, 0.3) is 10.9 Å². The number of benzene rings is 1. The molecular formula is C29H24Cl2FN9O5S2. The van der Waals surface area contributed by atoms with Crippen LogP contribution in [-0.4, -0.2) is 68.1 Å². The van der Waals surface area contributed by atoms with Gasteiger partial charge in [0.05, 0.1) is 29.1 Å². The van der Waals surface area contributed by atoms with Gasteiger partial charge >= 0.3 is 0 Å². The first-order valence-corrected chi connectivity index (χ1v) is 16.5. The van der Waals surface area contributed by atoms with Crippen molar-refractivity contribution in [3.63, 3.8) is 0 Å². The fourth-order valence-electron chi connectivity index (χ4n) is 5.48. The lowest BCUT2D eigenvalue weighted by atomic mass is 10.0. The van der Waals surface area contributed by atoms with E-state index in [0.29, 0.717) is 5.57 Å². The van der Waals surface area contributed by atoms with Crippen molar-refractivity contribution in [1.82, 2.24) is 19.8 Å². The van der Waals surface area contributed by atoms with Crippen LogP contribution in [0.3, 0.4) is 0 Å². The number of thiazole rings is 1. The van der Waals surface area contributed by atoms with E-state index < -0.39 is 35.0 Å². The Hall–Kier alpha value is -4.71. The molecule has 1 saturated heterocycles. The number of nitrogen functional groups attached to an aromatic ring is 2. The minimum atomic E-state index is -1.53. The van der Waals surface area contributed by atoms with Crippen molar-refractivity contribution in [2.45, 2.75) is 24.5 Å². The van der Waals surface area contributed by atoms with E-state index in [1.54, 1.807) is 33.8 Å². The van der Waals surface area contributed by atoms with Gasteiger partial charge in [0.2, 0.25) is 0 Å². The molecule has 6 N–H and O–H groups in total. The number of hydrogen-bond acceptors (Lipinski definition) is 11. The summed E-state index contributed by atoms with van der Waals surface area (Å²) >= 11 is 14.7. The summed E-state index contributed by atoms with van der Waals surface area (Å²) in [6.45, 7) is 0.249. The zero-order chi connectivity index (χ0) is 34.4. The highest BCUT2D eigenvalue weighted by Crippen LogP contribution is 2.40. The zero-order valence-corrected chi connectivity index (χ0v) is 27.8. The van der Waals surface area contributed by atoms with E-state index >= 15 is 0 Å². The summed E-state index contributed by atoms with van der Waals surface area (Å²) in [5.41, 5.74) is 12.2. The van der Waals surface area contributed by atoms with Gasteiger partial charge in [-0.25, -0.2) is 13.9 Å². The number of oxime groups is 1. The lowest BCUT2D eigenvalue weighted by Crippen LogP contribution is -2.71. The van der Waals surface area contributed by atoms with Crippen molar-refractivity contribution in [3.8, 4) is 0 Å². The van der Waals surface area contributed by atoms with Crippen molar-refractivity contribution in [2.75, 3.05) is 18.6 Å². The summed E-state index contributed by atoms with van der Waals surface area (Å²) in [7, 11) is 1.22. The number of carbonyl (C=O) groups excluding carboxylic acids is 3. The van der Waals surface area contributed by atoms with Gasteiger partial charge in [-0.05, 0) is 18.2 Å². The first-order chi connectivity index (χ1) is 22.9. The van der Waals surface area contributed by atoms with Crippen molar-refractivity contribution in [2.24, 2.45) is 10.9 Å². The number of fused-ring (bicyclic) bond motifs is 2. The summed E-state index contributed by atoms with van der Waals surface area (Å²) in [5.74, 6) is -3.62. The second kappa shape index (κ2) is 13.1. The Kier molecular flexibility index (Phi) is 9.04. The van der Waals surface area contributed by atoms with Gasteiger partial charge < -0.3 is 36.1 Å². The standard InChI is InChI=1S/C29H24Cl2FN9O5S2/c1-46-38-20(19-23(31)48-29(35)37-19)25(42)36-21-26(43)41-22(28(44)45)14(11-47-27(21)41)9-39-4-3-18-12(8-39)2-5-40(18)10-15-16(30)6-13(24(33)34)7-17(15)32/h2-8,21,27H,9-11H2,1H3,(H6-,33,34,35,36,37,42,44,45)/b38-20-/t21-,27-/m1/s1. The van der Waals surface area contributed by atoms with Crippen LogP contribution in [0.5, 0.6) is 0 Å². The molecule has 0 spiro atoms. The SMILES string of the molecule is CO/N=C(\C(=O)N[C@@H]1C(=O)N2C(C(=O)[O-])=C(C[n+]3ccc4c(ccn4Cc4c(F)cc(C(=N)N)cc4Cl)c3)CS[C@H]12)c1nc(N)sc1Cl. The van der Waals surface area contributed by atoms with Crippen LogP contribution in [0, 0.1) is 11.2 Å². The molecule has 2 aliphatic heterocycles. The van der Waals surface area contributed by atoms with E-state index in [1.807, 2.05) is 6.07 Å². The van der Waals surface area contributed by atoms with Crippen LogP contribution < -0.4 is 26.5 Å². The number of rotatable bonds is 10. The van der Waals surface area contributed by atoms with Crippen LogP contribution in [-0.2, 0) is 32.3 Å². The predicted molar refractivity (Wildman–Crippen MR) is 176 cm³/mol. The smallest absolute Gasteiger partial charge is 0.276 e. The van der Waals surface area contributed by atoms with Crippen molar-refractivity contribution < 1.29 is 33.3 Å². The van der Waals surface area contributed by atoms with Crippen molar-refractivity contribution in [3.05, 3.63) is 86.1 Å². The molecule has 2 atom stereocenters. The number of nitrogens with zero attached hydrogens (tertiary/aromatic N) is 5. The molecule has 0 bridgehead atoms. The molecule has 19 heteroatoms. The number of nitrogens with one attached hydrogen (secondary N) is 2. The number of aromatic nitrogens is 3. The number of hydrogen-bond donors (Lipinski definition) is 4. The molecule has 0 unspecified atom stereocenters. The van der Waals surface area contributed by atoms with Crippen molar-refractivity contribution >= 4 is 91.7 Å². The van der Waals surface area contributed by atoms with Gasteiger partial charge in [-0.3, -0.25) is 19.9 Å². The molecule has 14 nitrogen and oxygen atoms in total. The maximum atomic E-state index is 14.8. The number of amidine groups is 1. The lowest BCUT2D eigenvalue weighted by Gasteiger charge is -2.50. The van der Waals surface area contributed by atoms with Gasteiger partial charge in [-0.1, -0.05) is 39.7 Å². The molecule has 0 saturated carbocycles. The molecule has 2 amide bonds. The number of carboxylic acids is 1. The number of carbonyl (C=O) groups is 3. The Balaban J connectivity index is 1.19. The molecule has 248 valence electrons. The van der Waals surface area contributed by atoms with E-state index in [2.05, 4.69) is 15.5 Å². The summed E-state index contributed by atoms with van der Waals surface area (Å²) in [6, 6.07) is 5.17. The fraction of sp³-hybridized carbons (Fsp3) is 0.207. The van der Waals surface area contributed by atoms with Gasteiger partial charge in [-0.2, -0.15) is 0 Å². The second-order valence-electron chi connectivity index (χ2n) is 10.6. The number of thioether (sulfide) groups is 1. The summed E-state index contributed by atoms with van der Waals surface area (Å²) in [4.78, 5) is 48.6. The van der Waals surface area contributed by atoms with Crippen LogP contribution in [0.4, 0.5) is 9.52 Å². The lowest BCUT2D eigenvalue weighted by molar-refractivity contribution is -0.687. The van der Waals surface area contributed by atoms with Gasteiger partial charge in [0, 0.05) is 39.7 Å². The van der Waals surface area contributed by atoms with E-state index in [4.69, 9.17) is 44.9 Å². The first-order valence-electron chi connectivity index (χ1n) is 13.9. The molecule has 48 heavy (non-hydrogen) atoms. The Bertz CT molecular complexity index is 2080. The van der Waals surface area contributed by atoms with Crippen LogP contribution in [0.2, 0.25) is 9.36 Å². The minimum absolute atomic E-state index is 0.0142. The monoisotopic (exact) mass is 731 g/mol. The highest BCUT2D eigenvalue weighted by Gasteiger charge is 2.53. The van der Waals surface area contributed by atoms with E-state index in [9.17, 15) is 23.9 Å². The number of halogens is 3. The van der Waals surface area contributed by atoms with E-state index in [-0.39, 0.29) is 67.4 Å². The van der Waals surface area contributed by atoms with Crippen LogP contribution >= 0.6 is 46.3 Å². The minimum Gasteiger partial charge on any atom is -0.543 e. The van der Waals surface area contributed by atoms with Crippen LogP contribution in [0.1, 0.15) is 16.8 Å². The van der Waals surface area contributed by atoms with Crippen molar-refractivity contribution in [1.29, 1.82) is 5.41 Å². The normalized spacial score (nSPS) is 17.7. The number of pyridine rings is 1. The quantitative estimate of drug-likeness (QED) is 0.0607. The first kappa shape index (κ1) is 33.2. The largest absolute Gasteiger partial charge is 0.543 e. The Morgan fingerprint density at radius 1 is 1.33 bits per heavy atom. The number of aliphatic carboxylic acids is 1. The van der Waals surface area contributed by atoms with Gasteiger partial charge in [0.1, 0.15) is 40.2 Å². The highest BCUT2D eigenvalue weighted by molar-refractivity contribution is 8.00. The number of carboxylic acid groups (broad SMARTS) is 1. The molecule has 4 aromatic rings. The third kappa shape index (κ3) is 6.05. The van der Waals surface area contributed by atoms with Gasteiger partial charge in [0.25, 0.3) is 11.8 Å². The number of amides is 2. The molecular weight excluding hydrogens is 708 g/mol. The zero-order valence-electron chi connectivity index (χ0n) is 24.7. The third-order valence-electron chi connectivity index (χ3n) is 7.67. The van der Waals surface area contributed by atoms with E-state index in [0.717, 1.165) is 27.1 Å². The maximum Gasteiger partial charge on any atom is 0.276 e. The molecule has 5 heterocycles. The Morgan fingerprint density at radius 3 is 2.75 bits per heavy atom. The number of β-lactam (4-membered cyclic amide) rings is 1. The Morgan fingerprint density at radius 2 is 2.10 bits per heavy atom. The topological polar surface area (TPSA) is 209 Å². The number of anilines is 1. The number of nitrogens with two attached hydrogens (primary N) is 2. The highest BCUT2D eigenvalue weighted by atomic mass is 35.5. The average Bonchev–Trinajstić information content (AvgIpc) is 3.60. The fourth-order valence-corrected chi connectivity index (χ4v) is 8.01. The molecule has 6 rings (SSSR count). The molecule has 0 aliphatic carbocycles. The summed E-state index contributed by atoms with van der Waals surface area (Å²) < 4.78 is 18.5. The molecule has 0 radical (unpaired) electrons. The third-order valence-corrected chi connectivity index (χ3v) is 10.4. The van der Waals surface area contributed by atoms with Crippen LogP contribution in [0.15, 0.2) is 59.3 Å². The second-order valence-corrected chi connectivity index (χ2v) is 13.8. The molecule has 2 aliphatic rings. The van der Waals surface area contributed by atoms with Gasteiger partial charge in [0.15, 0.2) is 29.8 Å². The summed E-state index contributed by atoms with van der Waals surface area (Å²) in [5, 5.41) is 26.5. The average molecular weight is 733 g/mol. The molecule has 1 fully saturated rings. The molecule has 3 aromatic heterocycles. The van der Waals surface area contributed by atoms with Gasteiger partial charge in [-0.15, -0.1) is 11.8 Å². The predicted octanol–water partition coefficient (Wildman–Crippen LogP) is 1.20.